The number of hydrogen-bond acceptors (Lipinski definition) is 6. The van der Waals surface area contributed by atoms with E-state index in [0.717, 1.165) is 12.1 Å². The van der Waals surface area contributed by atoms with Gasteiger partial charge in [0.15, 0.2) is 6.79 Å². The van der Waals surface area contributed by atoms with Crippen molar-refractivity contribution in [3.63, 3.8) is 0 Å². The van der Waals surface area contributed by atoms with Crippen molar-refractivity contribution in [1.82, 2.24) is 0 Å². The Morgan fingerprint density at radius 1 is 1.26 bits per heavy atom. The molecule has 0 saturated heterocycles. The van der Waals surface area contributed by atoms with Crippen molar-refractivity contribution >= 4 is 30.6 Å². The third kappa shape index (κ3) is 5.45. The van der Waals surface area contributed by atoms with Crippen LogP contribution in [0.5, 0.6) is 0 Å². The maximum absolute atomic E-state index is 12.3. The number of halogens is 3. The molecular formula is C8H6F3O5PS2. The van der Waals surface area contributed by atoms with Crippen LogP contribution in [0.2, 0.25) is 0 Å². The minimum atomic E-state index is -4.63. The van der Waals surface area contributed by atoms with Crippen LogP contribution in [0.15, 0.2) is 34.1 Å². The van der Waals surface area contributed by atoms with Crippen molar-refractivity contribution in [2.24, 2.45) is 0 Å². The molecule has 1 rings (SSSR count). The third-order valence-electron chi connectivity index (χ3n) is 1.65. The summed E-state index contributed by atoms with van der Waals surface area (Å²) in [5.41, 5.74) is -4.63. The summed E-state index contributed by atoms with van der Waals surface area (Å²) in [6.07, 6.45) is 0. The van der Waals surface area contributed by atoms with Crippen molar-refractivity contribution in [2.45, 2.75) is 15.3 Å². The van der Waals surface area contributed by atoms with Crippen LogP contribution in [0.4, 0.5) is 13.2 Å². The van der Waals surface area contributed by atoms with E-state index in [4.69, 9.17) is 0 Å². The molecule has 0 bridgehead atoms. The fourth-order valence-corrected chi connectivity index (χ4v) is 3.06. The summed E-state index contributed by atoms with van der Waals surface area (Å²) in [5.74, 6) is 0. The zero-order valence-electron chi connectivity index (χ0n) is 8.96. The molecule has 0 saturated carbocycles. The van der Waals surface area contributed by atoms with Gasteiger partial charge in [-0.15, -0.1) is 0 Å². The largest absolute Gasteiger partial charge is 0.446 e. The van der Waals surface area contributed by atoms with E-state index in [-0.39, 0.29) is 0 Å². The van der Waals surface area contributed by atoms with Crippen molar-refractivity contribution in [2.75, 3.05) is 6.79 Å². The fourth-order valence-electron chi connectivity index (χ4n) is 1.04. The average Bonchev–Trinajstić information content (AvgIpc) is 2.27. The first-order chi connectivity index (χ1) is 8.76. The van der Waals surface area contributed by atoms with Gasteiger partial charge in [-0.05, 0) is 23.9 Å². The molecule has 19 heavy (non-hydrogen) atoms. The first-order valence-electron chi connectivity index (χ1n) is 4.45. The Kier molecular flexibility index (Phi) is 5.75. The predicted molar refractivity (Wildman–Crippen MR) is 60.2 cm³/mol. The van der Waals surface area contributed by atoms with Gasteiger partial charge in [-0.25, -0.2) is 8.75 Å². The van der Waals surface area contributed by atoms with Gasteiger partial charge in [0.25, 0.3) is 10.1 Å². The highest BCUT2D eigenvalue weighted by Crippen LogP contribution is 2.40. The Bertz CT molecular complexity index is 546. The Labute approximate surface area is 112 Å². The molecule has 0 N–H and O–H groups in total. The quantitative estimate of drug-likeness (QED) is 0.262. The van der Waals surface area contributed by atoms with Crippen LogP contribution in [0.25, 0.3) is 0 Å². The molecule has 0 unspecified atom stereocenters. The van der Waals surface area contributed by atoms with E-state index in [9.17, 15) is 26.2 Å². The molecule has 5 nitrogen and oxygen atoms in total. The molecule has 1 aromatic rings. The summed E-state index contributed by atoms with van der Waals surface area (Å²) in [6, 6.07) is 4.49. The lowest BCUT2D eigenvalue weighted by Gasteiger charge is -2.10. The minimum Gasteiger partial charge on any atom is -0.265 e. The van der Waals surface area contributed by atoms with Crippen LogP contribution in [0, 0.1) is 0 Å². The zero-order valence-corrected chi connectivity index (χ0v) is 11.5. The van der Waals surface area contributed by atoms with Crippen molar-refractivity contribution < 1.29 is 34.9 Å². The Hall–Kier alpha value is -0.670. The smallest absolute Gasteiger partial charge is 0.265 e. The van der Waals surface area contributed by atoms with Gasteiger partial charge in [-0.3, -0.25) is 4.52 Å². The van der Waals surface area contributed by atoms with E-state index in [1.54, 1.807) is 0 Å². The lowest BCUT2D eigenvalue weighted by atomic mass is 10.4. The highest BCUT2D eigenvalue weighted by Gasteiger charge is 2.32. The molecule has 0 amide bonds. The van der Waals surface area contributed by atoms with Crippen LogP contribution in [0.1, 0.15) is 0 Å². The van der Waals surface area contributed by atoms with Crippen molar-refractivity contribution in [3.05, 3.63) is 24.3 Å². The minimum absolute atomic E-state index is 0.519. The topological polar surface area (TPSA) is 69.7 Å². The molecule has 0 aromatic heterocycles. The Morgan fingerprint density at radius 2 is 1.89 bits per heavy atom. The molecule has 0 radical (unpaired) electrons. The highest BCUT2D eigenvalue weighted by molar-refractivity contribution is 8.00. The van der Waals surface area contributed by atoms with Crippen molar-refractivity contribution in [3.8, 4) is 0 Å². The summed E-state index contributed by atoms with van der Waals surface area (Å²) in [7, 11) is -5.23. The second-order valence-electron chi connectivity index (χ2n) is 2.89. The van der Waals surface area contributed by atoms with Gasteiger partial charge in [0.2, 0.25) is 0 Å². The van der Waals surface area contributed by atoms with Gasteiger partial charge in [-0.1, -0.05) is 12.1 Å². The Balaban J connectivity index is 3.02. The maximum Gasteiger partial charge on any atom is 0.446 e. The fraction of sp³-hybridized carbons (Fsp3) is 0.250. The number of hydrogen-bond donors (Lipinski definition) is 0. The van der Waals surface area contributed by atoms with Crippen LogP contribution >= 0.6 is 20.4 Å². The normalized spacial score (nSPS) is 12.8. The molecule has 0 aliphatic rings. The molecule has 0 heterocycles. The lowest BCUT2D eigenvalue weighted by molar-refractivity contribution is -0.0328. The van der Waals surface area contributed by atoms with Crippen LogP contribution < -0.4 is 0 Å². The summed E-state index contributed by atoms with van der Waals surface area (Å²) in [6.45, 7) is -0.863. The van der Waals surface area contributed by atoms with E-state index in [2.05, 4.69) is 8.71 Å². The summed E-state index contributed by atoms with van der Waals surface area (Å²) in [5, 5.41) is 0. The first kappa shape index (κ1) is 16.4. The molecule has 106 valence electrons. The van der Waals surface area contributed by atoms with E-state index >= 15 is 0 Å². The number of rotatable bonds is 6. The second-order valence-corrected chi connectivity index (χ2v) is 5.99. The first-order valence-corrected chi connectivity index (χ1v) is 7.40. The van der Waals surface area contributed by atoms with Crippen LogP contribution in [-0.4, -0.2) is 20.7 Å². The maximum atomic E-state index is 12.3. The molecule has 1 aromatic carbocycles. The molecule has 11 heteroatoms. The SMILES string of the molecule is O=POCOS(=O)(=O)c1ccccc1SC(F)(F)F. The van der Waals surface area contributed by atoms with Gasteiger partial charge in [0.05, 0.1) is 0 Å². The molecule has 0 spiro atoms. The van der Waals surface area contributed by atoms with E-state index in [0.29, 0.717) is 0 Å². The summed E-state index contributed by atoms with van der Waals surface area (Å²) < 4.78 is 78.4. The Morgan fingerprint density at radius 3 is 2.47 bits per heavy atom. The molecule has 0 atom stereocenters. The monoisotopic (exact) mass is 334 g/mol. The van der Waals surface area contributed by atoms with Crippen LogP contribution in [0.3, 0.4) is 0 Å². The molecule has 0 aliphatic carbocycles. The highest BCUT2D eigenvalue weighted by atomic mass is 32.2. The van der Waals surface area contributed by atoms with E-state index in [1.165, 1.54) is 12.1 Å². The number of benzene rings is 1. The van der Waals surface area contributed by atoms with Gasteiger partial charge in [0, 0.05) is 4.90 Å². The summed E-state index contributed by atoms with van der Waals surface area (Å²) in [4.78, 5) is -1.15. The van der Waals surface area contributed by atoms with Gasteiger partial charge in [0.1, 0.15) is 4.90 Å². The number of thioether (sulfide) groups is 1. The predicted octanol–water partition coefficient (Wildman–Crippen LogP) is 3.18. The van der Waals surface area contributed by atoms with E-state index in [1.807, 2.05) is 0 Å². The third-order valence-corrected chi connectivity index (χ3v) is 4.10. The van der Waals surface area contributed by atoms with E-state index < -0.39 is 52.7 Å². The number of alkyl halides is 3. The second kappa shape index (κ2) is 6.67. The average molecular weight is 334 g/mol. The van der Waals surface area contributed by atoms with Crippen LogP contribution in [-0.2, 0) is 23.4 Å². The standard InChI is InChI=1S/C8H6F3O5PS2/c9-8(10,11)18-6-3-1-2-4-7(6)19(13,14)16-5-15-17-12/h1-4H,5H2. The van der Waals surface area contributed by atoms with Gasteiger partial charge < -0.3 is 0 Å². The molecule has 0 fully saturated rings. The molecular weight excluding hydrogens is 328 g/mol. The lowest BCUT2D eigenvalue weighted by Crippen LogP contribution is -2.10. The molecule has 0 aliphatic heterocycles. The van der Waals surface area contributed by atoms with Crippen molar-refractivity contribution in [1.29, 1.82) is 0 Å². The summed E-state index contributed by atoms with van der Waals surface area (Å²) >= 11 is -0.570. The van der Waals surface area contributed by atoms with Gasteiger partial charge in [-0.2, -0.15) is 21.6 Å². The zero-order chi connectivity index (χ0) is 14.5. The van der Waals surface area contributed by atoms with Gasteiger partial charge >= 0.3 is 14.2 Å².